The predicted molar refractivity (Wildman–Crippen MR) is 101 cm³/mol. The zero-order chi connectivity index (χ0) is 17.0. The summed E-state index contributed by atoms with van der Waals surface area (Å²) in [6, 6.07) is 13.3. The molecule has 5 rings (SSSR count). The first kappa shape index (κ1) is 13.7. The Balaban J connectivity index is 1.94. The predicted octanol–water partition coefficient (Wildman–Crippen LogP) is 3.49. The van der Waals surface area contributed by atoms with Gasteiger partial charge in [0.1, 0.15) is 5.82 Å². The summed E-state index contributed by atoms with van der Waals surface area (Å²) in [6.45, 7) is 0. The van der Waals surface area contributed by atoms with Crippen LogP contribution in [0.2, 0.25) is 0 Å². The standard InChI is InChI=1S/C19H14N6/c20-10-5-6-11(14(21)9-10)19-24-17-12-3-1-7-22-15(12)16-13(18(17)25-19)4-2-8-23-16/h1-9H,20-21H2,(H,24,25). The summed E-state index contributed by atoms with van der Waals surface area (Å²) < 4.78 is 0. The molecule has 3 aromatic heterocycles. The van der Waals surface area contributed by atoms with Crippen LogP contribution in [-0.2, 0) is 0 Å². The molecular weight excluding hydrogens is 312 g/mol. The molecule has 0 spiro atoms. The molecule has 0 radical (unpaired) electrons. The number of nitrogens with zero attached hydrogens (tertiary/aromatic N) is 3. The summed E-state index contributed by atoms with van der Waals surface area (Å²) in [5.74, 6) is 0.703. The second-order valence-electron chi connectivity index (χ2n) is 5.95. The van der Waals surface area contributed by atoms with E-state index in [1.807, 2.05) is 36.4 Å². The van der Waals surface area contributed by atoms with Gasteiger partial charge < -0.3 is 16.5 Å². The number of nitrogens with one attached hydrogen (secondary N) is 1. The third kappa shape index (κ3) is 1.94. The normalized spacial score (nSPS) is 11.5. The van der Waals surface area contributed by atoms with Gasteiger partial charge in [-0.15, -0.1) is 0 Å². The SMILES string of the molecule is Nc1ccc(-c2nc3c4cccnc4c4ncccc4c3[nH]2)c(N)c1. The lowest BCUT2D eigenvalue weighted by molar-refractivity contribution is 1.34. The van der Waals surface area contributed by atoms with E-state index in [9.17, 15) is 0 Å². The quantitative estimate of drug-likeness (QED) is 0.323. The van der Waals surface area contributed by atoms with Crippen LogP contribution in [0.25, 0.3) is 44.2 Å². The van der Waals surface area contributed by atoms with Gasteiger partial charge in [0.25, 0.3) is 0 Å². The molecule has 5 N–H and O–H groups in total. The Hall–Kier alpha value is -3.67. The van der Waals surface area contributed by atoms with Gasteiger partial charge in [0, 0.05) is 40.1 Å². The molecule has 0 saturated carbocycles. The Morgan fingerprint density at radius 1 is 0.800 bits per heavy atom. The molecule has 0 aliphatic rings. The molecule has 25 heavy (non-hydrogen) atoms. The van der Waals surface area contributed by atoms with Crippen LogP contribution in [0, 0.1) is 0 Å². The summed E-state index contributed by atoms with van der Waals surface area (Å²) in [4.78, 5) is 17.2. The van der Waals surface area contributed by atoms with E-state index < -0.39 is 0 Å². The Labute approximate surface area is 142 Å². The molecule has 0 fully saturated rings. The van der Waals surface area contributed by atoms with Gasteiger partial charge in [-0.1, -0.05) is 0 Å². The molecule has 0 amide bonds. The maximum Gasteiger partial charge on any atom is 0.140 e. The number of hydrogen-bond acceptors (Lipinski definition) is 5. The number of H-pyrrole nitrogens is 1. The van der Waals surface area contributed by atoms with Crippen molar-refractivity contribution < 1.29 is 0 Å². The number of pyridine rings is 2. The largest absolute Gasteiger partial charge is 0.399 e. The highest BCUT2D eigenvalue weighted by Gasteiger charge is 2.15. The van der Waals surface area contributed by atoms with E-state index in [4.69, 9.17) is 16.5 Å². The number of aromatic nitrogens is 4. The fourth-order valence-electron chi connectivity index (χ4n) is 3.27. The van der Waals surface area contributed by atoms with E-state index >= 15 is 0 Å². The number of benzene rings is 2. The molecule has 6 heteroatoms. The zero-order valence-corrected chi connectivity index (χ0v) is 13.2. The first-order valence-electron chi connectivity index (χ1n) is 7.89. The number of hydrogen-bond donors (Lipinski definition) is 3. The van der Waals surface area contributed by atoms with Gasteiger partial charge in [-0.25, -0.2) is 4.98 Å². The maximum absolute atomic E-state index is 6.14. The van der Waals surface area contributed by atoms with Crippen LogP contribution in [-0.4, -0.2) is 19.9 Å². The number of fused-ring (bicyclic) bond motifs is 6. The van der Waals surface area contributed by atoms with Crippen LogP contribution in [0.1, 0.15) is 0 Å². The summed E-state index contributed by atoms with van der Waals surface area (Å²) in [6.07, 6.45) is 3.55. The molecule has 0 aliphatic heterocycles. The van der Waals surface area contributed by atoms with Crippen molar-refractivity contribution in [1.82, 2.24) is 19.9 Å². The summed E-state index contributed by atoms with van der Waals surface area (Å²) in [7, 11) is 0. The van der Waals surface area contributed by atoms with Gasteiger partial charge in [0.15, 0.2) is 0 Å². The number of nitrogens with two attached hydrogens (primary N) is 2. The molecule has 3 heterocycles. The Morgan fingerprint density at radius 3 is 2.28 bits per heavy atom. The minimum Gasteiger partial charge on any atom is -0.399 e. The summed E-state index contributed by atoms with van der Waals surface area (Å²) >= 11 is 0. The molecule has 2 aromatic carbocycles. The fourth-order valence-corrected chi connectivity index (χ4v) is 3.27. The van der Waals surface area contributed by atoms with Crippen molar-refractivity contribution in [3.63, 3.8) is 0 Å². The van der Waals surface area contributed by atoms with Crippen molar-refractivity contribution in [3.05, 3.63) is 54.9 Å². The number of aromatic amines is 1. The van der Waals surface area contributed by atoms with Crippen molar-refractivity contribution in [2.45, 2.75) is 0 Å². The maximum atomic E-state index is 6.14. The lowest BCUT2D eigenvalue weighted by Gasteiger charge is -2.03. The van der Waals surface area contributed by atoms with Crippen molar-refractivity contribution >= 4 is 44.2 Å². The van der Waals surface area contributed by atoms with Gasteiger partial charge >= 0.3 is 0 Å². The van der Waals surface area contributed by atoms with E-state index in [1.54, 1.807) is 18.5 Å². The van der Waals surface area contributed by atoms with Gasteiger partial charge in [-0.05, 0) is 42.5 Å². The van der Waals surface area contributed by atoms with E-state index in [0.717, 1.165) is 38.4 Å². The highest BCUT2D eigenvalue weighted by atomic mass is 14.9. The highest BCUT2D eigenvalue weighted by Crippen LogP contribution is 2.34. The van der Waals surface area contributed by atoms with Gasteiger partial charge in [0.2, 0.25) is 0 Å². The summed E-state index contributed by atoms with van der Waals surface area (Å²) in [5.41, 5.74) is 17.4. The first-order chi connectivity index (χ1) is 12.2. The Bertz CT molecular complexity index is 1200. The molecular formula is C19H14N6. The van der Waals surface area contributed by atoms with Crippen LogP contribution >= 0.6 is 0 Å². The van der Waals surface area contributed by atoms with E-state index in [1.165, 1.54) is 0 Å². The van der Waals surface area contributed by atoms with Gasteiger partial charge in [-0.2, -0.15) is 0 Å². The van der Waals surface area contributed by atoms with Crippen LogP contribution in [0.5, 0.6) is 0 Å². The molecule has 0 atom stereocenters. The van der Waals surface area contributed by atoms with Gasteiger partial charge in [-0.3, -0.25) is 9.97 Å². The third-order valence-electron chi connectivity index (χ3n) is 4.40. The Morgan fingerprint density at radius 2 is 1.52 bits per heavy atom. The van der Waals surface area contributed by atoms with Crippen molar-refractivity contribution in [2.24, 2.45) is 0 Å². The smallest absolute Gasteiger partial charge is 0.140 e. The Kier molecular flexibility index (Phi) is 2.70. The highest BCUT2D eigenvalue weighted by molar-refractivity contribution is 6.21. The topological polar surface area (TPSA) is 106 Å². The van der Waals surface area contributed by atoms with E-state index in [-0.39, 0.29) is 0 Å². The molecule has 0 unspecified atom stereocenters. The monoisotopic (exact) mass is 326 g/mol. The minimum absolute atomic E-state index is 0.587. The van der Waals surface area contributed by atoms with Crippen molar-refractivity contribution in [1.29, 1.82) is 0 Å². The van der Waals surface area contributed by atoms with E-state index in [2.05, 4.69) is 15.0 Å². The molecule has 5 aromatic rings. The second-order valence-corrected chi connectivity index (χ2v) is 5.95. The lowest BCUT2D eigenvalue weighted by Crippen LogP contribution is -1.94. The zero-order valence-electron chi connectivity index (χ0n) is 13.2. The number of nitrogen functional groups attached to an aromatic ring is 2. The minimum atomic E-state index is 0.587. The number of anilines is 2. The average molecular weight is 326 g/mol. The first-order valence-corrected chi connectivity index (χ1v) is 7.89. The molecule has 6 nitrogen and oxygen atoms in total. The van der Waals surface area contributed by atoms with Gasteiger partial charge in [0.05, 0.1) is 22.1 Å². The molecule has 120 valence electrons. The number of rotatable bonds is 1. The van der Waals surface area contributed by atoms with Crippen molar-refractivity contribution in [2.75, 3.05) is 11.5 Å². The number of imidazole rings is 1. The fraction of sp³-hybridized carbons (Fsp3) is 0. The molecule has 0 saturated heterocycles. The van der Waals surface area contributed by atoms with Crippen LogP contribution in [0.4, 0.5) is 11.4 Å². The van der Waals surface area contributed by atoms with Crippen LogP contribution in [0.3, 0.4) is 0 Å². The van der Waals surface area contributed by atoms with Crippen LogP contribution in [0.15, 0.2) is 54.9 Å². The van der Waals surface area contributed by atoms with Crippen LogP contribution < -0.4 is 11.5 Å². The lowest BCUT2D eigenvalue weighted by atomic mass is 10.1. The summed E-state index contributed by atoms with van der Waals surface area (Å²) in [5, 5.41) is 1.94. The average Bonchev–Trinajstić information content (AvgIpc) is 3.07. The molecule has 0 bridgehead atoms. The van der Waals surface area contributed by atoms with Crippen molar-refractivity contribution in [3.8, 4) is 11.4 Å². The molecule has 0 aliphatic carbocycles. The second kappa shape index (κ2) is 4.91. The van der Waals surface area contributed by atoms with E-state index in [0.29, 0.717) is 17.2 Å². The third-order valence-corrected chi connectivity index (χ3v) is 4.40.